The Kier molecular flexibility index (Phi) is 7.55. The molecule has 216 valence electrons. The molecule has 2 N–H and O–H groups in total. The standard InChI is InChI=1S/C31H29N3O8/c35-15-19-13-24-29(31(38)33(30(24)37)20-4-3-5-21(14-20)34(39)40)25-17-41-27(28(19)25)10-7-18(26-6-1-2-11-32-26)12-22-8-9-23(16-36)42-22/h1-6,8-9,11-12,14,24-25,27,29,35-36H,7,10,13,15-17H2/b18-12-/t24-,25+,27-,29-/m1/s1. The second-order valence-corrected chi connectivity index (χ2v) is 10.7. The number of anilines is 1. The zero-order valence-corrected chi connectivity index (χ0v) is 22.6. The number of allylic oxidation sites excluding steroid dienone is 1. The number of non-ortho nitro benzene ring substituents is 1. The van der Waals surface area contributed by atoms with Crippen LogP contribution in [-0.2, 0) is 20.9 Å². The van der Waals surface area contributed by atoms with Gasteiger partial charge in [0.05, 0.1) is 47.5 Å². The Morgan fingerprint density at radius 1 is 1.07 bits per heavy atom. The zero-order chi connectivity index (χ0) is 29.4. The molecule has 2 amide bonds. The highest BCUT2D eigenvalue weighted by Gasteiger charge is 2.57. The molecule has 3 aliphatic rings. The first kappa shape index (κ1) is 27.7. The lowest BCUT2D eigenvalue weighted by Gasteiger charge is -2.31. The number of aromatic nitrogens is 1. The molecule has 0 unspecified atom stereocenters. The summed E-state index contributed by atoms with van der Waals surface area (Å²) in [6, 6.07) is 14.6. The van der Waals surface area contributed by atoms with Crippen LogP contribution in [0.4, 0.5) is 11.4 Å². The minimum absolute atomic E-state index is 0.170. The number of aliphatic hydroxyl groups excluding tert-OH is 2. The largest absolute Gasteiger partial charge is 0.459 e. The Balaban J connectivity index is 1.26. The van der Waals surface area contributed by atoms with E-state index >= 15 is 0 Å². The number of pyridine rings is 1. The highest BCUT2D eigenvalue weighted by Crippen LogP contribution is 2.50. The quantitative estimate of drug-likeness (QED) is 0.168. The fourth-order valence-electron chi connectivity index (χ4n) is 6.46. The molecular weight excluding hydrogens is 542 g/mol. The van der Waals surface area contributed by atoms with Gasteiger partial charge in [-0.1, -0.05) is 12.1 Å². The van der Waals surface area contributed by atoms with E-state index in [9.17, 15) is 29.9 Å². The van der Waals surface area contributed by atoms with Gasteiger partial charge in [0, 0.05) is 24.2 Å². The molecule has 11 heteroatoms. The molecule has 2 aromatic heterocycles. The first-order valence-corrected chi connectivity index (χ1v) is 13.8. The number of nitro benzene ring substituents is 1. The number of benzene rings is 1. The number of furan rings is 1. The number of fused-ring (bicyclic) bond motifs is 3. The van der Waals surface area contributed by atoms with E-state index in [1.807, 2.05) is 24.3 Å². The van der Waals surface area contributed by atoms with Crippen LogP contribution in [0.25, 0.3) is 11.6 Å². The van der Waals surface area contributed by atoms with Crippen molar-refractivity contribution in [2.45, 2.75) is 32.0 Å². The van der Waals surface area contributed by atoms with E-state index in [2.05, 4.69) is 4.98 Å². The third-order valence-corrected chi connectivity index (χ3v) is 8.32. The van der Waals surface area contributed by atoms with Crippen molar-refractivity contribution in [2.75, 3.05) is 18.1 Å². The van der Waals surface area contributed by atoms with Crippen molar-refractivity contribution in [3.05, 3.63) is 99.3 Å². The molecule has 4 heterocycles. The lowest BCUT2D eigenvalue weighted by atomic mass is 9.69. The maximum absolute atomic E-state index is 13.7. The van der Waals surface area contributed by atoms with E-state index in [-0.39, 0.29) is 49.6 Å². The number of aliphatic hydroxyl groups is 2. The van der Waals surface area contributed by atoms with E-state index in [1.165, 1.54) is 24.3 Å². The SMILES string of the molecule is O=C1[C@@H]2[C@@H](CC(CO)=C3[C@@H](CC/C(=C/c4ccc(CO)o4)c4ccccn4)OC[C@@H]32)C(=O)N1c1cccc([N+](=O)[O-])c1. The lowest BCUT2D eigenvalue weighted by molar-refractivity contribution is -0.384. The van der Waals surface area contributed by atoms with Crippen LogP contribution in [0, 0.1) is 27.9 Å². The molecule has 0 spiro atoms. The molecule has 42 heavy (non-hydrogen) atoms. The molecule has 2 aliphatic heterocycles. The van der Waals surface area contributed by atoms with Crippen molar-refractivity contribution >= 4 is 34.8 Å². The minimum atomic E-state index is -0.669. The third-order valence-electron chi connectivity index (χ3n) is 8.32. The van der Waals surface area contributed by atoms with E-state index in [0.717, 1.165) is 21.7 Å². The Hall–Kier alpha value is -4.45. The zero-order valence-electron chi connectivity index (χ0n) is 22.6. The van der Waals surface area contributed by atoms with Crippen LogP contribution in [0.1, 0.15) is 36.5 Å². The summed E-state index contributed by atoms with van der Waals surface area (Å²) in [5, 5.41) is 31.0. The summed E-state index contributed by atoms with van der Waals surface area (Å²) in [5.41, 5.74) is 3.18. The molecule has 0 saturated carbocycles. The number of carbonyl (C=O) groups excluding carboxylic acids is 2. The molecule has 11 nitrogen and oxygen atoms in total. The monoisotopic (exact) mass is 571 g/mol. The second-order valence-electron chi connectivity index (χ2n) is 10.7. The van der Waals surface area contributed by atoms with Crippen molar-refractivity contribution < 1.29 is 33.9 Å². The fraction of sp³-hybridized carbons (Fsp3) is 0.323. The molecule has 0 bridgehead atoms. The van der Waals surface area contributed by atoms with Gasteiger partial charge in [-0.2, -0.15) is 0 Å². The summed E-state index contributed by atoms with van der Waals surface area (Å²) in [5.74, 6) is -1.50. The lowest BCUT2D eigenvalue weighted by Crippen LogP contribution is -2.35. The van der Waals surface area contributed by atoms with Crippen LogP contribution in [0.15, 0.2) is 76.4 Å². The number of amides is 2. The Morgan fingerprint density at radius 2 is 1.93 bits per heavy atom. The summed E-state index contributed by atoms with van der Waals surface area (Å²) in [6.07, 6.45) is 4.52. The highest BCUT2D eigenvalue weighted by atomic mass is 16.6. The first-order chi connectivity index (χ1) is 20.4. The number of imide groups is 1. The topological polar surface area (TPSA) is 156 Å². The van der Waals surface area contributed by atoms with Crippen molar-refractivity contribution in [2.24, 2.45) is 17.8 Å². The van der Waals surface area contributed by atoms with Gasteiger partial charge in [0.1, 0.15) is 18.1 Å². The van der Waals surface area contributed by atoms with E-state index in [4.69, 9.17) is 9.15 Å². The molecule has 1 aromatic carbocycles. The summed E-state index contributed by atoms with van der Waals surface area (Å²) < 4.78 is 11.9. The third kappa shape index (κ3) is 4.95. The Labute approximate surface area is 240 Å². The van der Waals surface area contributed by atoms with Crippen LogP contribution in [-0.4, -0.2) is 51.3 Å². The molecule has 2 saturated heterocycles. The average molecular weight is 572 g/mol. The van der Waals surface area contributed by atoms with Crippen LogP contribution >= 0.6 is 0 Å². The number of carbonyl (C=O) groups is 2. The highest BCUT2D eigenvalue weighted by molar-refractivity contribution is 6.22. The van der Waals surface area contributed by atoms with Crippen molar-refractivity contribution in [3.8, 4) is 0 Å². The van der Waals surface area contributed by atoms with E-state index in [1.54, 1.807) is 18.3 Å². The molecular formula is C31H29N3O8. The number of rotatable bonds is 9. The molecule has 3 aromatic rings. The number of nitro groups is 1. The second kappa shape index (κ2) is 11.4. The predicted octanol–water partition coefficient (Wildman–Crippen LogP) is 3.91. The van der Waals surface area contributed by atoms with E-state index in [0.29, 0.717) is 29.9 Å². The molecule has 0 radical (unpaired) electrons. The van der Waals surface area contributed by atoms with Crippen LogP contribution in [0.3, 0.4) is 0 Å². The summed E-state index contributed by atoms with van der Waals surface area (Å²) in [4.78, 5) is 43.5. The summed E-state index contributed by atoms with van der Waals surface area (Å²) in [7, 11) is 0. The van der Waals surface area contributed by atoms with Gasteiger partial charge in [-0.15, -0.1) is 0 Å². The van der Waals surface area contributed by atoms with Crippen LogP contribution < -0.4 is 4.90 Å². The number of nitrogens with zero attached hydrogens (tertiary/aromatic N) is 3. The summed E-state index contributed by atoms with van der Waals surface area (Å²) in [6.45, 7) is -0.232. The minimum Gasteiger partial charge on any atom is -0.459 e. The van der Waals surface area contributed by atoms with Crippen LogP contribution in [0.5, 0.6) is 0 Å². The number of hydrogen-bond donors (Lipinski definition) is 2. The van der Waals surface area contributed by atoms with E-state index < -0.39 is 28.6 Å². The van der Waals surface area contributed by atoms with Gasteiger partial charge in [-0.3, -0.25) is 24.7 Å². The summed E-state index contributed by atoms with van der Waals surface area (Å²) >= 11 is 0. The van der Waals surface area contributed by atoms with Gasteiger partial charge in [0.2, 0.25) is 11.8 Å². The maximum atomic E-state index is 13.7. The molecule has 1 aliphatic carbocycles. The number of hydrogen-bond acceptors (Lipinski definition) is 9. The van der Waals surface area contributed by atoms with Gasteiger partial charge < -0.3 is 19.4 Å². The number of ether oxygens (including phenoxy) is 1. The molecule has 2 fully saturated rings. The average Bonchev–Trinajstić information content (AvgIpc) is 3.71. The predicted molar refractivity (Wildman–Crippen MR) is 151 cm³/mol. The van der Waals surface area contributed by atoms with Gasteiger partial charge in [-0.05, 0) is 72.4 Å². The first-order valence-electron chi connectivity index (χ1n) is 13.8. The van der Waals surface area contributed by atoms with Gasteiger partial charge >= 0.3 is 0 Å². The fourth-order valence-corrected chi connectivity index (χ4v) is 6.46. The Morgan fingerprint density at radius 3 is 2.64 bits per heavy atom. The van der Waals surface area contributed by atoms with Gasteiger partial charge in [0.25, 0.3) is 5.69 Å². The van der Waals surface area contributed by atoms with Crippen molar-refractivity contribution in [1.29, 1.82) is 0 Å². The smallest absolute Gasteiger partial charge is 0.271 e. The van der Waals surface area contributed by atoms with Crippen LogP contribution in [0.2, 0.25) is 0 Å². The normalized spacial score (nSPS) is 23.9. The Bertz CT molecular complexity index is 1590. The molecule has 6 rings (SSSR count). The maximum Gasteiger partial charge on any atom is 0.271 e. The van der Waals surface area contributed by atoms with Gasteiger partial charge in [0.15, 0.2) is 0 Å². The van der Waals surface area contributed by atoms with Gasteiger partial charge in [-0.25, -0.2) is 4.90 Å². The van der Waals surface area contributed by atoms with Crippen molar-refractivity contribution in [3.63, 3.8) is 0 Å². The van der Waals surface area contributed by atoms with Crippen molar-refractivity contribution in [1.82, 2.24) is 4.98 Å². The molecule has 4 atom stereocenters.